The van der Waals surface area contributed by atoms with Crippen molar-refractivity contribution in [2.24, 2.45) is 0 Å². The Balaban J connectivity index is 2.85. The van der Waals surface area contributed by atoms with Gasteiger partial charge < -0.3 is 10.1 Å². The molecule has 0 fully saturated rings. The Morgan fingerprint density at radius 3 is 3.00 bits per heavy atom. The van der Waals surface area contributed by atoms with Crippen molar-refractivity contribution in [3.05, 3.63) is 23.5 Å². The average molecular weight is 190 g/mol. The lowest BCUT2D eigenvalue weighted by atomic mass is 10.3. The fourth-order valence-corrected chi connectivity index (χ4v) is 1.14. The zero-order valence-corrected chi connectivity index (χ0v) is 8.50. The van der Waals surface area contributed by atoms with Gasteiger partial charge in [0, 0.05) is 12.2 Å². The second-order valence-electron chi connectivity index (χ2n) is 2.92. The van der Waals surface area contributed by atoms with Crippen LogP contribution >= 0.6 is 0 Å². The van der Waals surface area contributed by atoms with E-state index < -0.39 is 0 Å². The standard InChI is InChI=1S/C11H14N2O/c1-4-7-14-11-6-5-9(2)13-10(11)8-12-3/h1,5-6,12H,7-8H2,2-3H3. The van der Waals surface area contributed by atoms with Gasteiger partial charge in [0.2, 0.25) is 0 Å². The van der Waals surface area contributed by atoms with E-state index in [0.29, 0.717) is 6.54 Å². The molecule has 1 N–H and O–H groups in total. The van der Waals surface area contributed by atoms with Gasteiger partial charge in [-0.3, -0.25) is 4.98 Å². The number of ether oxygens (including phenoxy) is 1. The summed E-state index contributed by atoms with van der Waals surface area (Å²) >= 11 is 0. The van der Waals surface area contributed by atoms with Gasteiger partial charge in [-0.1, -0.05) is 5.92 Å². The van der Waals surface area contributed by atoms with Crippen LogP contribution in [0.15, 0.2) is 12.1 Å². The first-order valence-corrected chi connectivity index (χ1v) is 4.45. The van der Waals surface area contributed by atoms with Crippen LogP contribution in [0.25, 0.3) is 0 Å². The number of hydrogen-bond donors (Lipinski definition) is 1. The van der Waals surface area contributed by atoms with Gasteiger partial charge in [-0.2, -0.15) is 0 Å². The highest BCUT2D eigenvalue weighted by Crippen LogP contribution is 2.16. The van der Waals surface area contributed by atoms with Crippen LogP contribution in [0.2, 0.25) is 0 Å². The summed E-state index contributed by atoms with van der Waals surface area (Å²) in [6, 6.07) is 3.80. The number of aromatic nitrogens is 1. The van der Waals surface area contributed by atoms with Gasteiger partial charge in [0.1, 0.15) is 12.4 Å². The third-order valence-corrected chi connectivity index (χ3v) is 1.73. The molecule has 0 saturated heterocycles. The molecule has 0 amide bonds. The smallest absolute Gasteiger partial charge is 0.148 e. The van der Waals surface area contributed by atoms with Crippen molar-refractivity contribution < 1.29 is 4.74 Å². The van der Waals surface area contributed by atoms with Gasteiger partial charge in [0.05, 0.1) is 5.69 Å². The number of nitrogens with one attached hydrogen (secondary N) is 1. The molecule has 1 aromatic rings. The Labute approximate surface area is 84.5 Å². The number of nitrogens with zero attached hydrogens (tertiary/aromatic N) is 1. The fraction of sp³-hybridized carbons (Fsp3) is 0.364. The quantitative estimate of drug-likeness (QED) is 0.722. The van der Waals surface area contributed by atoms with Crippen molar-refractivity contribution >= 4 is 0 Å². The third kappa shape index (κ3) is 2.75. The number of hydrogen-bond acceptors (Lipinski definition) is 3. The molecule has 0 aromatic carbocycles. The molecule has 0 bridgehead atoms. The van der Waals surface area contributed by atoms with E-state index in [1.807, 2.05) is 26.1 Å². The molecule has 74 valence electrons. The van der Waals surface area contributed by atoms with Crippen molar-refractivity contribution in [3.8, 4) is 18.1 Å². The molecule has 0 aliphatic carbocycles. The molecule has 0 unspecified atom stereocenters. The molecule has 3 nitrogen and oxygen atoms in total. The molecule has 0 spiro atoms. The maximum Gasteiger partial charge on any atom is 0.148 e. The lowest BCUT2D eigenvalue weighted by Crippen LogP contribution is -2.10. The molecule has 0 atom stereocenters. The third-order valence-electron chi connectivity index (χ3n) is 1.73. The minimum atomic E-state index is 0.279. The highest BCUT2D eigenvalue weighted by molar-refractivity contribution is 5.29. The van der Waals surface area contributed by atoms with E-state index >= 15 is 0 Å². The first-order chi connectivity index (χ1) is 6.77. The van der Waals surface area contributed by atoms with Gasteiger partial charge in [0.25, 0.3) is 0 Å². The number of pyridine rings is 1. The monoisotopic (exact) mass is 190 g/mol. The molecule has 1 rings (SSSR count). The van der Waals surface area contributed by atoms with Crippen molar-refractivity contribution in [2.45, 2.75) is 13.5 Å². The second kappa shape index (κ2) is 5.25. The van der Waals surface area contributed by atoms with Crippen LogP contribution in [0.4, 0.5) is 0 Å². The van der Waals surface area contributed by atoms with Crippen LogP contribution in [0.5, 0.6) is 5.75 Å². The minimum absolute atomic E-state index is 0.279. The summed E-state index contributed by atoms with van der Waals surface area (Å²) in [4.78, 5) is 4.36. The van der Waals surface area contributed by atoms with Gasteiger partial charge in [-0.15, -0.1) is 6.42 Å². The summed E-state index contributed by atoms with van der Waals surface area (Å²) in [7, 11) is 1.87. The van der Waals surface area contributed by atoms with Crippen LogP contribution in [0.1, 0.15) is 11.4 Å². The summed E-state index contributed by atoms with van der Waals surface area (Å²) < 4.78 is 5.36. The van der Waals surface area contributed by atoms with Crippen molar-refractivity contribution in [1.82, 2.24) is 10.3 Å². The van der Waals surface area contributed by atoms with Crippen LogP contribution in [-0.2, 0) is 6.54 Å². The highest BCUT2D eigenvalue weighted by atomic mass is 16.5. The van der Waals surface area contributed by atoms with E-state index in [9.17, 15) is 0 Å². The largest absolute Gasteiger partial charge is 0.479 e. The fourth-order valence-electron chi connectivity index (χ4n) is 1.14. The number of terminal acetylenes is 1. The second-order valence-corrected chi connectivity index (χ2v) is 2.92. The van der Waals surface area contributed by atoms with Crippen LogP contribution < -0.4 is 10.1 Å². The maximum atomic E-state index is 5.36. The van der Waals surface area contributed by atoms with Gasteiger partial charge in [-0.05, 0) is 26.1 Å². The van der Waals surface area contributed by atoms with Crippen LogP contribution in [-0.4, -0.2) is 18.6 Å². The summed E-state index contributed by atoms with van der Waals surface area (Å²) in [6.07, 6.45) is 5.12. The Kier molecular flexibility index (Phi) is 3.96. The topological polar surface area (TPSA) is 34.1 Å². The Hall–Kier alpha value is -1.53. The molecule has 14 heavy (non-hydrogen) atoms. The van der Waals surface area contributed by atoms with Crippen molar-refractivity contribution in [1.29, 1.82) is 0 Å². The summed E-state index contributed by atoms with van der Waals surface area (Å²) in [6.45, 7) is 2.91. The molecule has 3 heteroatoms. The van der Waals surface area contributed by atoms with E-state index in [1.54, 1.807) is 0 Å². The predicted molar refractivity (Wildman–Crippen MR) is 56.1 cm³/mol. The molecular formula is C11H14N2O. The zero-order valence-electron chi connectivity index (χ0n) is 8.50. The first kappa shape index (κ1) is 10.6. The molecule has 0 saturated carbocycles. The Bertz CT molecular complexity index is 342. The van der Waals surface area contributed by atoms with E-state index in [4.69, 9.17) is 11.2 Å². The number of rotatable bonds is 4. The minimum Gasteiger partial charge on any atom is -0.479 e. The maximum absolute atomic E-state index is 5.36. The Morgan fingerprint density at radius 1 is 1.57 bits per heavy atom. The van der Waals surface area contributed by atoms with E-state index in [-0.39, 0.29) is 6.61 Å². The van der Waals surface area contributed by atoms with Crippen molar-refractivity contribution in [2.75, 3.05) is 13.7 Å². The Morgan fingerprint density at radius 2 is 2.36 bits per heavy atom. The van der Waals surface area contributed by atoms with E-state index in [0.717, 1.165) is 17.1 Å². The molecule has 1 aromatic heterocycles. The predicted octanol–water partition coefficient (Wildman–Crippen LogP) is 1.12. The zero-order chi connectivity index (χ0) is 10.4. The van der Waals surface area contributed by atoms with Gasteiger partial charge >= 0.3 is 0 Å². The molecule has 0 aliphatic rings. The SMILES string of the molecule is C#CCOc1ccc(C)nc1CNC. The number of aryl methyl sites for hydroxylation is 1. The lowest BCUT2D eigenvalue weighted by Gasteiger charge is -2.08. The van der Waals surface area contributed by atoms with Crippen molar-refractivity contribution in [3.63, 3.8) is 0 Å². The normalized spacial score (nSPS) is 9.50. The van der Waals surface area contributed by atoms with Gasteiger partial charge in [-0.25, -0.2) is 0 Å². The molecule has 0 radical (unpaired) electrons. The van der Waals surface area contributed by atoms with Crippen LogP contribution in [0, 0.1) is 19.3 Å². The van der Waals surface area contributed by atoms with Crippen LogP contribution in [0.3, 0.4) is 0 Å². The summed E-state index contributed by atoms with van der Waals surface area (Å²) in [5.41, 5.74) is 1.87. The molecule has 1 heterocycles. The van der Waals surface area contributed by atoms with Gasteiger partial charge in [0.15, 0.2) is 0 Å². The van der Waals surface area contributed by atoms with E-state index in [1.165, 1.54) is 0 Å². The average Bonchev–Trinajstić information content (AvgIpc) is 2.17. The highest BCUT2D eigenvalue weighted by Gasteiger charge is 2.03. The summed E-state index contributed by atoms with van der Waals surface area (Å²) in [5.74, 6) is 3.18. The molecular weight excluding hydrogens is 176 g/mol. The molecule has 0 aliphatic heterocycles. The lowest BCUT2D eigenvalue weighted by molar-refractivity contribution is 0.362. The first-order valence-electron chi connectivity index (χ1n) is 4.45. The summed E-state index contributed by atoms with van der Waals surface area (Å²) in [5, 5.41) is 3.03. The van der Waals surface area contributed by atoms with E-state index in [2.05, 4.69) is 16.2 Å².